The smallest absolute Gasteiger partial charge is 0.323 e. The number of para-hydroxylation sites is 1. The van der Waals surface area contributed by atoms with E-state index in [9.17, 15) is 9.59 Å². The first-order chi connectivity index (χ1) is 17.5. The first-order valence-electron chi connectivity index (χ1n) is 12.2. The molecule has 1 heterocycles. The van der Waals surface area contributed by atoms with Crippen LogP contribution < -0.4 is 25.6 Å². The van der Waals surface area contributed by atoms with Gasteiger partial charge in [0, 0.05) is 43.2 Å². The van der Waals surface area contributed by atoms with Crippen molar-refractivity contribution >= 4 is 34.8 Å². The molecule has 1 aliphatic heterocycles. The Bertz CT molecular complexity index is 1200. The van der Waals surface area contributed by atoms with E-state index in [4.69, 9.17) is 4.74 Å². The van der Waals surface area contributed by atoms with E-state index < -0.39 is 0 Å². The number of hydrogen-bond donors (Lipinski definition) is 3. The number of urea groups is 2. The summed E-state index contributed by atoms with van der Waals surface area (Å²) < 4.78 is 5.32. The van der Waals surface area contributed by atoms with Gasteiger partial charge in [-0.3, -0.25) is 0 Å². The monoisotopic (exact) mass is 487 g/mol. The highest BCUT2D eigenvalue weighted by Crippen LogP contribution is 2.26. The molecule has 4 rings (SSSR count). The van der Waals surface area contributed by atoms with Gasteiger partial charge in [0.2, 0.25) is 0 Å². The third kappa shape index (κ3) is 6.07. The number of carbonyl (C=O) groups is 2. The first-order valence-corrected chi connectivity index (χ1v) is 12.2. The van der Waals surface area contributed by atoms with Gasteiger partial charge in [-0.15, -0.1) is 0 Å². The second-order valence-corrected chi connectivity index (χ2v) is 8.74. The lowest BCUT2D eigenvalue weighted by Gasteiger charge is -2.36. The van der Waals surface area contributed by atoms with Gasteiger partial charge in [0.1, 0.15) is 5.75 Å². The van der Waals surface area contributed by atoms with Crippen LogP contribution in [0.1, 0.15) is 18.1 Å². The van der Waals surface area contributed by atoms with Gasteiger partial charge in [0.25, 0.3) is 0 Å². The van der Waals surface area contributed by atoms with E-state index in [0.29, 0.717) is 30.2 Å². The molecule has 0 atom stereocenters. The van der Waals surface area contributed by atoms with Crippen molar-refractivity contribution in [2.24, 2.45) is 0 Å². The molecule has 1 saturated heterocycles. The van der Waals surface area contributed by atoms with Crippen LogP contribution in [0.5, 0.6) is 5.75 Å². The van der Waals surface area contributed by atoms with Gasteiger partial charge in [-0.25, -0.2) is 9.59 Å². The summed E-state index contributed by atoms with van der Waals surface area (Å²) in [5.41, 5.74) is 5.39. The Morgan fingerprint density at radius 1 is 0.861 bits per heavy atom. The number of aryl methyl sites for hydroxylation is 2. The topological polar surface area (TPSA) is 85.9 Å². The Morgan fingerprint density at radius 3 is 2.28 bits per heavy atom. The Kier molecular flexibility index (Phi) is 7.95. The van der Waals surface area contributed by atoms with Crippen LogP contribution in [-0.4, -0.2) is 50.3 Å². The van der Waals surface area contributed by atoms with E-state index in [-0.39, 0.29) is 12.1 Å². The van der Waals surface area contributed by atoms with Gasteiger partial charge in [-0.1, -0.05) is 31.2 Å². The van der Waals surface area contributed by atoms with Gasteiger partial charge in [0.15, 0.2) is 0 Å². The fourth-order valence-electron chi connectivity index (χ4n) is 4.27. The summed E-state index contributed by atoms with van der Waals surface area (Å²) in [6.45, 7) is 6.80. The molecule has 1 fully saturated rings. The number of anilines is 4. The molecule has 0 aliphatic carbocycles. The lowest BCUT2D eigenvalue weighted by Crippen LogP contribution is -2.50. The number of hydrogen-bond acceptors (Lipinski definition) is 4. The van der Waals surface area contributed by atoms with Crippen LogP contribution in [0.2, 0.25) is 0 Å². The molecule has 188 valence electrons. The summed E-state index contributed by atoms with van der Waals surface area (Å²) in [4.78, 5) is 29.3. The number of nitrogens with one attached hydrogen (secondary N) is 3. The minimum absolute atomic E-state index is 0.0636. The molecule has 0 saturated carbocycles. The van der Waals surface area contributed by atoms with Crippen LogP contribution in [0.25, 0.3) is 0 Å². The fourth-order valence-corrected chi connectivity index (χ4v) is 4.27. The average Bonchev–Trinajstić information content (AvgIpc) is 2.89. The quantitative estimate of drug-likeness (QED) is 0.425. The van der Waals surface area contributed by atoms with E-state index in [1.54, 1.807) is 7.11 Å². The number of nitrogens with zero attached hydrogens (tertiary/aromatic N) is 2. The number of benzene rings is 3. The zero-order chi connectivity index (χ0) is 25.5. The second-order valence-electron chi connectivity index (χ2n) is 8.74. The molecule has 1 aliphatic rings. The van der Waals surface area contributed by atoms with Crippen LogP contribution in [0.15, 0.2) is 66.7 Å². The van der Waals surface area contributed by atoms with E-state index in [1.165, 1.54) is 0 Å². The van der Waals surface area contributed by atoms with Crippen molar-refractivity contribution in [1.29, 1.82) is 0 Å². The van der Waals surface area contributed by atoms with Gasteiger partial charge in [-0.2, -0.15) is 0 Å². The molecule has 0 bridgehead atoms. The number of piperazine rings is 1. The molecule has 0 unspecified atom stereocenters. The van der Waals surface area contributed by atoms with Crippen LogP contribution in [0.4, 0.5) is 32.3 Å². The van der Waals surface area contributed by atoms with E-state index in [2.05, 4.69) is 27.8 Å². The average molecular weight is 488 g/mol. The summed E-state index contributed by atoms with van der Waals surface area (Å²) in [5.74, 6) is 0.605. The standard InChI is InChI=1S/C28H33N5O3/c1-4-21-7-5-6-8-24(21)31-28(35)33-17-15-32(16-18-33)23-12-10-22(11-13-23)29-27(34)30-25-19-20(2)9-14-26(25)36-3/h5-14,19H,4,15-18H2,1-3H3,(H,31,35)(H2,29,30,34). The maximum absolute atomic E-state index is 12.8. The Balaban J connectivity index is 1.29. The highest BCUT2D eigenvalue weighted by atomic mass is 16.5. The lowest BCUT2D eigenvalue weighted by atomic mass is 10.1. The van der Waals surface area contributed by atoms with E-state index >= 15 is 0 Å². The predicted octanol–water partition coefficient (Wildman–Crippen LogP) is 5.56. The predicted molar refractivity (Wildman–Crippen MR) is 145 cm³/mol. The first kappa shape index (κ1) is 24.9. The van der Waals surface area contributed by atoms with Crippen molar-refractivity contribution in [3.8, 4) is 5.75 Å². The summed E-state index contributed by atoms with van der Waals surface area (Å²) in [6, 6.07) is 20.8. The SMILES string of the molecule is CCc1ccccc1NC(=O)N1CCN(c2ccc(NC(=O)Nc3cc(C)ccc3OC)cc2)CC1. The molecule has 0 spiro atoms. The molecule has 3 aromatic rings. The molecule has 36 heavy (non-hydrogen) atoms. The van der Waals surface area contributed by atoms with Crippen LogP contribution in [-0.2, 0) is 6.42 Å². The van der Waals surface area contributed by atoms with Crippen molar-refractivity contribution in [2.75, 3.05) is 54.1 Å². The number of carbonyl (C=O) groups excluding carboxylic acids is 2. The van der Waals surface area contributed by atoms with Crippen molar-refractivity contribution in [3.05, 3.63) is 77.9 Å². The highest BCUT2D eigenvalue weighted by Gasteiger charge is 2.22. The van der Waals surface area contributed by atoms with Gasteiger partial charge >= 0.3 is 12.1 Å². The van der Waals surface area contributed by atoms with Crippen LogP contribution in [0.3, 0.4) is 0 Å². The third-order valence-electron chi connectivity index (χ3n) is 6.30. The van der Waals surface area contributed by atoms with Gasteiger partial charge < -0.3 is 30.5 Å². The summed E-state index contributed by atoms with van der Waals surface area (Å²) >= 11 is 0. The van der Waals surface area contributed by atoms with E-state index in [0.717, 1.165) is 42.0 Å². The lowest BCUT2D eigenvalue weighted by molar-refractivity contribution is 0.208. The third-order valence-corrected chi connectivity index (χ3v) is 6.30. The Labute approximate surface area is 212 Å². The van der Waals surface area contributed by atoms with Gasteiger partial charge in [0.05, 0.1) is 12.8 Å². The summed E-state index contributed by atoms with van der Waals surface area (Å²) in [5, 5.41) is 8.75. The zero-order valence-electron chi connectivity index (χ0n) is 21.0. The number of rotatable bonds is 6. The van der Waals surface area contributed by atoms with Crippen LogP contribution in [0, 0.1) is 6.92 Å². The minimum Gasteiger partial charge on any atom is -0.495 e. The number of methoxy groups -OCH3 is 1. The van der Waals surface area contributed by atoms with E-state index in [1.807, 2.05) is 78.6 Å². The maximum Gasteiger partial charge on any atom is 0.323 e. The molecule has 0 aromatic heterocycles. The number of amides is 4. The molecule has 3 aromatic carbocycles. The molecule has 8 nitrogen and oxygen atoms in total. The normalized spacial score (nSPS) is 13.2. The molecular weight excluding hydrogens is 454 g/mol. The number of ether oxygens (including phenoxy) is 1. The summed E-state index contributed by atoms with van der Waals surface area (Å²) in [7, 11) is 1.57. The zero-order valence-corrected chi connectivity index (χ0v) is 21.0. The molecule has 4 amide bonds. The Hall–Kier alpha value is -4.20. The van der Waals surface area contributed by atoms with Crippen molar-refractivity contribution in [1.82, 2.24) is 4.90 Å². The highest BCUT2D eigenvalue weighted by molar-refractivity contribution is 6.00. The molecule has 8 heteroatoms. The second kappa shape index (κ2) is 11.5. The molecular formula is C28H33N5O3. The molecule has 0 radical (unpaired) electrons. The largest absolute Gasteiger partial charge is 0.495 e. The maximum atomic E-state index is 12.8. The van der Waals surface area contributed by atoms with Crippen molar-refractivity contribution in [2.45, 2.75) is 20.3 Å². The molecule has 3 N–H and O–H groups in total. The minimum atomic E-state index is -0.337. The fraction of sp³-hybridized carbons (Fsp3) is 0.286. The van der Waals surface area contributed by atoms with Crippen LogP contribution >= 0.6 is 0 Å². The summed E-state index contributed by atoms with van der Waals surface area (Å²) in [6.07, 6.45) is 0.872. The van der Waals surface area contributed by atoms with Crippen molar-refractivity contribution < 1.29 is 14.3 Å². The Morgan fingerprint density at radius 2 is 1.58 bits per heavy atom. The van der Waals surface area contributed by atoms with Gasteiger partial charge in [-0.05, 0) is 66.9 Å². The van der Waals surface area contributed by atoms with Crippen molar-refractivity contribution in [3.63, 3.8) is 0 Å².